The Morgan fingerprint density at radius 1 is 0.957 bits per heavy atom. The Bertz CT molecular complexity index is 632. The van der Waals surface area contributed by atoms with Gasteiger partial charge in [0.2, 0.25) is 5.88 Å². The molecule has 1 saturated heterocycles. The Kier molecular flexibility index (Phi) is 4.55. The van der Waals surface area contributed by atoms with Gasteiger partial charge in [-0.1, -0.05) is 0 Å². The highest BCUT2D eigenvalue weighted by atomic mass is 16.5. The number of nitrogens with zero attached hydrogens (tertiary/aromatic N) is 6. The monoisotopic (exact) mass is 314 g/mol. The van der Waals surface area contributed by atoms with Crippen molar-refractivity contribution in [1.82, 2.24) is 20.2 Å². The third-order valence-electron chi connectivity index (χ3n) is 3.80. The lowest BCUT2D eigenvalue weighted by Crippen LogP contribution is -2.47. The average Bonchev–Trinajstić information content (AvgIpc) is 2.55. The summed E-state index contributed by atoms with van der Waals surface area (Å²) in [7, 11) is 0. The fourth-order valence-corrected chi connectivity index (χ4v) is 2.73. The zero-order valence-corrected chi connectivity index (χ0v) is 13.9. The van der Waals surface area contributed by atoms with Gasteiger partial charge in [-0.3, -0.25) is 0 Å². The molecular weight excluding hydrogens is 292 g/mol. The van der Waals surface area contributed by atoms with Crippen LogP contribution in [0.4, 0.5) is 11.6 Å². The molecule has 1 aliphatic rings. The molecule has 122 valence electrons. The molecule has 0 aliphatic carbocycles. The second-order valence-corrected chi connectivity index (χ2v) is 5.55. The number of hydrogen-bond acceptors (Lipinski definition) is 7. The van der Waals surface area contributed by atoms with Gasteiger partial charge in [0.1, 0.15) is 11.6 Å². The van der Waals surface area contributed by atoms with Crippen LogP contribution in [-0.4, -0.2) is 53.0 Å². The lowest BCUT2D eigenvalue weighted by atomic mass is 10.3. The molecule has 1 fully saturated rings. The van der Waals surface area contributed by atoms with Crippen molar-refractivity contribution in [3.05, 3.63) is 29.7 Å². The summed E-state index contributed by atoms with van der Waals surface area (Å²) in [5.41, 5.74) is 1.01. The van der Waals surface area contributed by atoms with Crippen LogP contribution in [0.2, 0.25) is 0 Å². The fourth-order valence-electron chi connectivity index (χ4n) is 2.73. The molecule has 0 spiro atoms. The minimum atomic E-state index is 0.571. The molecule has 0 aromatic carbocycles. The van der Waals surface area contributed by atoms with Gasteiger partial charge in [0.15, 0.2) is 5.82 Å². The Hall–Kier alpha value is -2.44. The van der Waals surface area contributed by atoms with E-state index in [1.54, 1.807) is 0 Å². The third-order valence-corrected chi connectivity index (χ3v) is 3.80. The van der Waals surface area contributed by atoms with Crippen molar-refractivity contribution in [1.29, 1.82) is 0 Å². The molecule has 23 heavy (non-hydrogen) atoms. The summed E-state index contributed by atoms with van der Waals surface area (Å²) in [6, 6.07) is 5.88. The first-order valence-corrected chi connectivity index (χ1v) is 7.94. The van der Waals surface area contributed by atoms with Crippen molar-refractivity contribution in [3.63, 3.8) is 0 Å². The van der Waals surface area contributed by atoms with Crippen molar-refractivity contribution < 1.29 is 4.74 Å². The van der Waals surface area contributed by atoms with Crippen molar-refractivity contribution in [2.75, 3.05) is 42.6 Å². The minimum absolute atomic E-state index is 0.571. The molecule has 1 aliphatic heterocycles. The summed E-state index contributed by atoms with van der Waals surface area (Å²) < 4.78 is 5.33. The van der Waals surface area contributed by atoms with E-state index in [4.69, 9.17) is 4.74 Å². The summed E-state index contributed by atoms with van der Waals surface area (Å²) in [6.45, 7) is 10.1. The highest BCUT2D eigenvalue weighted by molar-refractivity contribution is 5.45. The van der Waals surface area contributed by atoms with E-state index >= 15 is 0 Å². The van der Waals surface area contributed by atoms with Crippen molar-refractivity contribution in [2.45, 2.75) is 20.8 Å². The number of rotatable bonds is 4. The molecule has 7 heteroatoms. The van der Waals surface area contributed by atoms with Crippen LogP contribution in [0.15, 0.2) is 18.2 Å². The van der Waals surface area contributed by atoms with Gasteiger partial charge in [-0.25, -0.2) is 9.97 Å². The highest BCUT2D eigenvalue weighted by Gasteiger charge is 2.20. The van der Waals surface area contributed by atoms with Crippen LogP contribution in [0.3, 0.4) is 0 Å². The van der Waals surface area contributed by atoms with Crippen LogP contribution in [-0.2, 0) is 0 Å². The zero-order chi connectivity index (χ0) is 16.2. The summed E-state index contributed by atoms with van der Waals surface area (Å²) in [5, 5.41) is 8.35. The van der Waals surface area contributed by atoms with Gasteiger partial charge in [0.25, 0.3) is 0 Å². The maximum atomic E-state index is 5.33. The van der Waals surface area contributed by atoms with Crippen molar-refractivity contribution in [2.24, 2.45) is 0 Å². The number of anilines is 2. The standard InChI is InChI=1S/C16H22N6O/c1-4-23-16-6-5-14(19-20-16)21-7-9-22(10-8-21)15-11-12(2)17-13(3)18-15/h5-6,11H,4,7-10H2,1-3H3. The van der Waals surface area contributed by atoms with E-state index in [0.717, 1.165) is 49.3 Å². The van der Waals surface area contributed by atoms with E-state index < -0.39 is 0 Å². The number of hydrogen-bond donors (Lipinski definition) is 0. The molecule has 0 N–H and O–H groups in total. The lowest BCUT2D eigenvalue weighted by molar-refractivity contribution is 0.322. The zero-order valence-electron chi connectivity index (χ0n) is 13.9. The summed E-state index contributed by atoms with van der Waals surface area (Å²) in [4.78, 5) is 13.4. The van der Waals surface area contributed by atoms with Crippen LogP contribution >= 0.6 is 0 Å². The molecule has 3 rings (SSSR count). The molecular formula is C16H22N6O. The van der Waals surface area contributed by atoms with Gasteiger partial charge in [-0.2, -0.15) is 0 Å². The molecule has 0 saturated carbocycles. The third kappa shape index (κ3) is 3.67. The topological polar surface area (TPSA) is 67.3 Å². The van der Waals surface area contributed by atoms with Crippen molar-refractivity contribution >= 4 is 11.6 Å². The van der Waals surface area contributed by atoms with E-state index in [2.05, 4.69) is 30.0 Å². The van der Waals surface area contributed by atoms with Crippen molar-refractivity contribution in [3.8, 4) is 5.88 Å². The van der Waals surface area contributed by atoms with E-state index in [1.807, 2.05) is 39.0 Å². The van der Waals surface area contributed by atoms with Gasteiger partial charge in [-0.15, -0.1) is 10.2 Å². The second-order valence-electron chi connectivity index (χ2n) is 5.55. The Morgan fingerprint density at radius 2 is 1.65 bits per heavy atom. The Labute approximate surface area is 136 Å². The molecule has 7 nitrogen and oxygen atoms in total. The number of piperazine rings is 1. The van der Waals surface area contributed by atoms with Gasteiger partial charge in [-0.05, 0) is 26.8 Å². The largest absolute Gasteiger partial charge is 0.477 e. The van der Waals surface area contributed by atoms with Gasteiger partial charge >= 0.3 is 0 Å². The predicted octanol–water partition coefficient (Wildman–Crippen LogP) is 1.61. The van der Waals surface area contributed by atoms with Crippen LogP contribution in [0.25, 0.3) is 0 Å². The quantitative estimate of drug-likeness (QED) is 0.849. The second kappa shape index (κ2) is 6.76. The molecule has 0 atom stereocenters. The Morgan fingerprint density at radius 3 is 2.22 bits per heavy atom. The summed E-state index contributed by atoms with van der Waals surface area (Å²) in [5.74, 6) is 3.29. The number of aryl methyl sites for hydroxylation is 2. The summed E-state index contributed by atoms with van der Waals surface area (Å²) >= 11 is 0. The maximum absolute atomic E-state index is 5.33. The van der Waals surface area contributed by atoms with Gasteiger partial charge in [0, 0.05) is 44.0 Å². The predicted molar refractivity (Wildman–Crippen MR) is 89.1 cm³/mol. The molecule has 3 heterocycles. The smallest absolute Gasteiger partial charge is 0.233 e. The number of aromatic nitrogens is 4. The molecule has 0 unspecified atom stereocenters. The van der Waals surface area contributed by atoms with E-state index in [1.165, 1.54) is 0 Å². The Balaban J connectivity index is 1.63. The highest BCUT2D eigenvalue weighted by Crippen LogP contribution is 2.19. The normalized spacial score (nSPS) is 14.9. The van der Waals surface area contributed by atoms with E-state index in [0.29, 0.717) is 12.5 Å². The molecule has 2 aromatic rings. The van der Waals surface area contributed by atoms with Gasteiger partial charge in [0.05, 0.1) is 6.61 Å². The van der Waals surface area contributed by atoms with E-state index in [9.17, 15) is 0 Å². The minimum Gasteiger partial charge on any atom is -0.477 e. The van der Waals surface area contributed by atoms with E-state index in [-0.39, 0.29) is 0 Å². The molecule has 0 amide bonds. The molecule has 0 radical (unpaired) electrons. The van der Waals surface area contributed by atoms with Gasteiger partial charge < -0.3 is 14.5 Å². The first kappa shape index (κ1) is 15.5. The number of ether oxygens (including phenoxy) is 1. The molecule has 0 bridgehead atoms. The van der Waals surface area contributed by atoms with Crippen LogP contribution < -0.4 is 14.5 Å². The first-order valence-electron chi connectivity index (χ1n) is 7.94. The maximum Gasteiger partial charge on any atom is 0.233 e. The first-order chi connectivity index (χ1) is 11.2. The average molecular weight is 314 g/mol. The summed E-state index contributed by atoms with van der Waals surface area (Å²) in [6.07, 6.45) is 0. The fraction of sp³-hybridized carbons (Fsp3) is 0.500. The lowest BCUT2D eigenvalue weighted by Gasteiger charge is -2.35. The SMILES string of the molecule is CCOc1ccc(N2CCN(c3cc(C)nc(C)n3)CC2)nn1. The molecule has 2 aromatic heterocycles. The van der Waals surface area contributed by atoms with Crippen LogP contribution in [0.1, 0.15) is 18.4 Å². The van der Waals surface area contributed by atoms with Crippen LogP contribution in [0, 0.1) is 13.8 Å². The van der Waals surface area contributed by atoms with Crippen LogP contribution in [0.5, 0.6) is 5.88 Å².